The van der Waals surface area contributed by atoms with Gasteiger partial charge in [-0.1, -0.05) is 50.5 Å². The lowest BCUT2D eigenvalue weighted by molar-refractivity contribution is 0.229. The monoisotopic (exact) mass is 246 g/mol. The maximum absolute atomic E-state index is 9.33. The molecule has 1 aromatic rings. The van der Waals surface area contributed by atoms with Gasteiger partial charge in [0.1, 0.15) is 0 Å². The standard InChI is InChI=1S/C17H26O/c1-2-14-8-10-16(11-9-14)17(12-13-18)15-6-4-3-5-7-15/h8-11,15,17-18H,2-7,12-13H2,1H3. The fraction of sp³-hybridized carbons (Fsp3) is 0.647. The van der Waals surface area contributed by atoms with Crippen molar-refractivity contribution in [1.29, 1.82) is 0 Å². The second kappa shape index (κ2) is 6.94. The van der Waals surface area contributed by atoms with Crippen LogP contribution in [0.2, 0.25) is 0 Å². The van der Waals surface area contributed by atoms with E-state index >= 15 is 0 Å². The predicted molar refractivity (Wildman–Crippen MR) is 76.8 cm³/mol. The van der Waals surface area contributed by atoms with Crippen molar-refractivity contribution in [2.75, 3.05) is 6.61 Å². The van der Waals surface area contributed by atoms with E-state index in [0.717, 1.165) is 18.8 Å². The molecule has 0 aliphatic heterocycles. The van der Waals surface area contributed by atoms with E-state index in [9.17, 15) is 5.11 Å². The molecule has 0 aromatic heterocycles. The molecule has 1 unspecified atom stereocenters. The molecule has 1 aliphatic carbocycles. The Morgan fingerprint density at radius 2 is 1.78 bits per heavy atom. The molecular weight excluding hydrogens is 220 g/mol. The second-order valence-electron chi connectivity index (χ2n) is 5.61. The smallest absolute Gasteiger partial charge is 0.0436 e. The molecule has 1 nitrogen and oxygen atoms in total. The minimum atomic E-state index is 0.316. The lowest BCUT2D eigenvalue weighted by atomic mass is 9.75. The fourth-order valence-electron chi connectivity index (χ4n) is 3.35. The van der Waals surface area contributed by atoms with E-state index in [1.807, 2.05) is 0 Å². The zero-order valence-corrected chi connectivity index (χ0v) is 11.6. The van der Waals surface area contributed by atoms with Crippen molar-refractivity contribution in [3.05, 3.63) is 35.4 Å². The highest BCUT2D eigenvalue weighted by Gasteiger charge is 2.24. The Kier molecular flexibility index (Phi) is 5.25. The Morgan fingerprint density at radius 3 is 2.33 bits per heavy atom. The van der Waals surface area contributed by atoms with Gasteiger partial charge in [-0.3, -0.25) is 0 Å². The minimum absolute atomic E-state index is 0.316. The summed E-state index contributed by atoms with van der Waals surface area (Å²) in [7, 11) is 0. The zero-order chi connectivity index (χ0) is 12.8. The van der Waals surface area contributed by atoms with Crippen LogP contribution >= 0.6 is 0 Å². The topological polar surface area (TPSA) is 20.2 Å². The number of aryl methyl sites for hydroxylation is 1. The summed E-state index contributed by atoms with van der Waals surface area (Å²) >= 11 is 0. The quantitative estimate of drug-likeness (QED) is 0.821. The van der Waals surface area contributed by atoms with Crippen molar-refractivity contribution in [2.24, 2.45) is 5.92 Å². The van der Waals surface area contributed by atoms with Gasteiger partial charge in [-0.25, -0.2) is 0 Å². The van der Waals surface area contributed by atoms with Crippen molar-refractivity contribution < 1.29 is 5.11 Å². The molecule has 18 heavy (non-hydrogen) atoms. The van der Waals surface area contributed by atoms with Crippen molar-refractivity contribution in [1.82, 2.24) is 0 Å². The molecule has 0 saturated heterocycles. The van der Waals surface area contributed by atoms with Gasteiger partial charge in [0.05, 0.1) is 0 Å². The van der Waals surface area contributed by atoms with Gasteiger partial charge < -0.3 is 5.11 Å². The summed E-state index contributed by atoms with van der Waals surface area (Å²) in [5.74, 6) is 1.36. The SMILES string of the molecule is CCc1ccc(C(CCO)C2CCCCC2)cc1. The Balaban J connectivity index is 2.11. The molecular formula is C17H26O. The van der Waals surface area contributed by atoms with Crippen LogP contribution in [-0.2, 0) is 6.42 Å². The fourth-order valence-corrected chi connectivity index (χ4v) is 3.35. The minimum Gasteiger partial charge on any atom is -0.396 e. The van der Waals surface area contributed by atoms with Crippen LogP contribution in [0.5, 0.6) is 0 Å². The summed E-state index contributed by atoms with van der Waals surface area (Å²) in [4.78, 5) is 0. The van der Waals surface area contributed by atoms with Crippen molar-refractivity contribution in [3.8, 4) is 0 Å². The van der Waals surface area contributed by atoms with Crippen LogP contribution in [0, 0.1) is 5.92 Å². The molecule has 100 valence electrons. The molecule has 0 heterocycles. The third-order valence-electron chi connectivity index (χ3n) is 4.48. The van der Waals surface area contributed by atoms with E-state index in [-0.39, 0.29) is 0 Å². The maximum Gasteiger partial charge on any atom is 0.0436 e. The summed E-state index contributed by atoms with van der Waals surface area (Å²) in [5.41, 5.74) is 2.85. The molecule has 1 heteroatoms. The van der Waals surface area contributed by atoms with Gasteiger partial charge >= 0.3 is 0 Å². The van der Waals surface area contributed by atoms with Crippen LogP contribution < -0.4 is 0 Å². The number of rotatable bonds is 5. The molecule has 0 spiro atoms. The molecule has 0 radical (unpaired) electrons. The predicted octanol–water partition coefficient (Wildman–Crippen LogP) is 4.30. The Morgan fingerprint density at radius 1 is 1.11 bits per heavy atom. The molecule has 1 N–H and O–H groups in total. The van der Waals surface area contributed by atoms with E-state index < -0.39 is 0 Å². The Bertz CT molecular complexity index is 335. The van der Waals surface area contributed by atoms with Gasteiger partial charge in [-0.15, -0.1) is 0 Å². The Hall–Kier alpha value is -0.820. The van der Waals surface area contributed by atoms with E-state index in [0.29, 0.717) is 12.5 Å². The highest BCUT2D eigenvalue weighted by Crippen LogP contribution is 2.38. The van der Waals surface area contributed by atoms with E-state index in [4.69, 9.17) is 0 Å². The van der Waals surface area contributed by atoms with Gasteiger partial charge in [-0.05, 0) is 48.6 Å². The molecule has 1 aliphatic rings. The van der Waals surface area contributed by atoms with Gasteiger partial charge in [0.2, 0.25) is 0 Å². The van der Waals surface area contributed by atoms with Gasteiger partial charge in [0.15, 0.2) is 0 Å². The van der Waals surface area contributed by atoms with Crippen LogP contribution in [0.3, 0.4) is 0 Å². The molecule has 1 aromatic carbocycles. The lowest BCUT2D eigenvalue weighted by Crippen LogP contribution is -2.17. The third kappa shape index (κ3) is 3.35. The summed E-state index contributed by atoms with van der Waals surface area (Å²) in [6.07, 6.45) is 8.88. The first-order valence-corrected chi connectivity index (χ1v) is 7.55. The first kappa shape index (κ1) is 13.6. The summed E-state index contributed by atoms with van der Waals surface area (Å²) in [6.45, 7) is 2.51. The molecule has 2 rings (SSSR count). The van der Waals surface area contributed by atoms with Gasteiger partial charge in [-0.2, -0.15) is 0 Å². The average molecular weight is 246 g/mol. The first-order chi connectivity index (χ1) is 8.85. The largest absolute Gasteiger partial charge is 0.396 e. The summed E-state index contributed by atoms with van der Waals surface area (Å²) in [6, 6.07) is 9.08. The van der Waals surface area contributed by atoms with Crippen LogP contribution in [0.25, 0.3) is 0 Å². The van der Waals surface area contributed by atoms with Crippen molar-refractivity contribution in [2.45, 2.75) is 57.8 Å². The highest BCUT2D eigenvalue weighted by atomic mass is 16.3. The second-order valence-corrected chi connectivity index (χ2v) is 5.61. The average Bonchev–Trinajstić information content (AvgIpc) is 2.46. The van der Waals surface area contributed by atoms with Crippen molar-refractivity contribution >= 4 is 0 Å². The zero-order valence-electron chi connectivity index (χ0n) is 11.6. The van der Waals surface area contributed by atoms with E-state index in [1.165, 1.54) is 43.2 Å². The number of aliphatic hydroxyl groups excluding tert-OH is 1. The summed E-state index contributed by atoms with van der Waals surface area (Å²) < 4.78 is 0. The molecule has 0 amide bonds. The molecule has 1 saturated carbocycles. The molecule has 1 atom stereocenters. The number of hydrogen-bond donors (Lipinski definition) is 1. The van der Waals surface area contributed by atoms with Crippen LogP contribution in [-0.4, -0.2) is 11.7 Å². The van der Waals surface area contributed by atoms with E-state index in [1.54, 1.807) is 0 Å². The number of aliphatic hydroxyl groups is 1. The maximum atomic E-state index is 9.33. The first-order valence-electron chi connectivity index (χ1n) is 7.55. The number of hydrogen-bond acceptors (Lipinski definition) is 1. The van der Waals surface area contributed by atoms with E-state index in [2.05, 4.69) is 31.2 Å². The molecule has 0 bridgehead atoms. The third-order valence-corrected chi connectivity index (χ3v) is 4.48. The molecule has 1 fully saturated rings. The summed E-state index contributed by atoms with van der Waals surface area (Å²) in [5, 5.41) is 9.33. The Labute approximate surface area is 111 Å². The lowest BCUT2D eigenvalue weighted by Gasteiger charge is -2.30. The van der Waals surface area contributed by atoms with Crippen LogP contribution in [0.1, 0.15) is 62.5 Å². The van der Waals surface area contributed by atoms with Gasteiger partial charge in [0.25, 0.3) is 0 Å². The normalized spacial score (nSPS) is 18.8. The van der Waals surface area contributed by atoms with Crippen molar-refractivity contribution in [3.63, 3.8) is 0 Å². The van der Waals surface area contributed by atoms with Gasteiger partial charge in [0, 0.05) is 6.61 Å². The number of benzene rings is 1. The highest BCUT2D eigenvalue weighted by molar-refractivity contribution is 5.26. The van der Waals surface area contributed by atoms with Crippen LogP contribution in [0.15, 0.2) is 24.3 Å². The van der Waals surface area contributed by atoms with Crippen LogP contribution in [0.4, 0.5) is 0 Å².